The second kappa shape index (κ2) is 4.45. The summed E-state index contributed by atoms with van der Waals surface area (Å²) in [6.45, 7) is 2.02. The maximum Gasteiger partial charge on any atom is 0.235 e. The van der Waals surface area contributed by atoms with Gasteiger partial charge in [-0.25, -0.2) is 0 Å². The van der Waals surface area contributed by atoms with Crippen molar-refractivity contribution in [1.29, 1.82) is 0 Å². The van der Waals surface area contributed by atoms with E-state index in [1.165, 1.54) is 11.3 Å². The second-order valence-corrected chi connectivity index (χ2v) is 5.58. The maximum atomic E-state index is 4.63. The van der Waals surface area contributed by atoms with E-state index in [1.54, 1.807) is 16.9 Å². The highest BCUT2D eigenvalue weighted by molar-refractivity contribution is 7.19. The quantitative estimate of drug-likeness (QED) is 0.565. The third kappa shape index (κ3) is 1.83. The van der Waals surface area contributed by atoms with E-state index in [9.17, 15) is 0 Å². The number of fused-ring (bicyclic) bond motifs is 1. The Morgan fingerprint density at radius 1 is 1.14 bits per heavy atom. The lowest BCUT2D eigenvalue weighted by atomic mass is 10.2. The van der Waals surface area contributed by atoms with Crippen LogP contribution in [-0.4, -0.2) is 34.6 Å². The van der Waals surface area contributed by atoms with Crippen molar-refractivity contribution in [3.63, 3.8) is 0 Å². The highest BCUT2D eigenvalue weighted by atomic mass is 32.1. The summed E-state index contributed by atoms with van der Waals surface area (Å²) in [7, 11) is 1.92. The maximum absolute atomic E-state index is 4.63. The molecule has 0 spiro atoms. The Kier molecular flexibility index (Phi) is 2.58. The third-order valence-electron chi connectivity index (χ3n) is 3.40. The normalized spacial score (nSPS) is 11.3. The van der Waals surface area contributed by atoms with Crippen LogP contribution in [0.2, 0.25) is 0 Å². The van der Waals surface area contributed by atoms with Gasteiger partial charge in [-0.3, -0.25) is 9.67 Å². The number of aryl methyl sites for hydroxylation is 1. The van der Waals surface area contributed by atoms with Crippen molar-refractivity contribution in [2.45, 2.75) is 6.92 Å². The molecule has 0 N–H and O–H groups in total. The highest BCUT2D eigenvalue weighted by Crippen LogP contribution is 2.29. The molecule has 0 amide bonds. The monoisotopic (exact) mass is 297 g/mol. The average Bonchev–Trinajstić information content (AvgIpc) is 3.15. The summed E-state index contributed by atoms with van der Waals surface area (Å²) in [5, 5.41) is 18.2. The molecule has 0 aliphatic heterocycles. The van der Waals surface area contributed by atoms with E-state index in [4.69, 9.17) is 0 Å². The number of hydrogen-bond acceptors (Lipinski definition) is 6. The molecule has 0 bridgehead atoms. The molecule has 0 radical (unpaired) electrons. The van der Waals surface area contributed by atoms with E-state index in [-0.39, 0.29) is 0 Å². The Bertz CT molecular complexity index is 919. The first-order valence-electron chi connectivity index (χ1n) is 6.35. The summed E-state index contributed by atoms with van der Waals surface area (Å²) < 4.78 is 3.60. The van der Waals surface area contributed by atoms with Crippen molar-refractivity contribution in [3.05, 3.63) is 36.4 Å². The zero-order valence-electron chi connectivity index (χ0n) is 11.4. The van der Waals surface area contributed by atoms with Crippen LogP contribution in [-0.2, 0) is 7.05 Å². The van der Waals surface area contributed by atoms with Crippen LogP contribution in [0.15, 0.2) is 30.7 Å². The van der Waals surface area contributed by atoms with E-state index in [2.05, 4.69) is 25.4 Å². The van der Waals surface area contributed by atoms with E-state index in [0.29, 0.717) is 0 Å². The van der Waals surface area contributed by atoms with Crippen molar-refractivity contribution in [3.8, 4) is 22.0 Å². The van der Waals surface area contributed by atoms with E-state index >= 15 is 0 Å². The predicted octanol–water partition coefficient (Wildman–Crippen LogP) is 1.96. The Morgan fingerprint density at radius 3 is 2.67 bits per heavy atom. The van der Waals surface area contributed by atoms with Gasteiger partial charge in [-0.2, -0.15) is 14.7 Å². The molecule has 0 aromatic carbocycles. The topological polar surface area (TPSA) is 73.8 Å². The molecule has 21 heavy (non-hydrogen) atoms. The summed E-state index contributed by atoms with van der Waals surface area (Å²) in [4.78, 5) is 4.78. The summed E-state index contributed by atoms with van der Waals surface area (Å²) >= 11 is 1.50. The molecular formula is C13H11N7S. The van der Waals surface area contributed by atoms with Crippen LogP contribution in [0, 0.1) is 6.92 Å². The van der Waals surface area contributed by atoms with E-state index < -0.39 is 0 Å². The molecule has 7 nitrogen and oxygen atoms in total. The van der Waals surface area contributed by atoms with E-state index in [0.717, 1.165) is 32.6 Å². The van der Waals surface area contributed by atoms with Gasteiger partial charge in [-0.05, 0) is 19.1 Å². The largest absolute Gasteiger partial charge is 0.272 e. The van der Waals surface area contributed by atoms with Crippen LogP contribution in [0.1, 0.15) is 5.69 Å². The average molecular weight is 297 g/mol. The van der Waals surface area contributed by atoms with Gasteiger partial charge < -0.3 is 0 Å². The van der Waals surface area contributed by atoms with Crippen molar-refractivity contribution in [2.75, 3.05) is 0 Å². The number of rotatable bonds is 2. The van der Waals surface area contributed by atoms with Crippen molar-refractivity contribution >= 4 is 16.3 Å². The van der Waals surface area contributed by atoms with Crippen molar-refractivity contribution in [1.82, 2.24) is 34.6 Å². The summed E-state index contributed by atoms with van der Waals surface area (Å²) in [6, 6.07) is 3.79. The Labute approximate surface area is 123 Å². The minimum Gasteiger partial charge on any atom is -0.272 e. The van der Waals surface area contributed by atoms with Gasteiger partial charge in [-0.15, -0.1) is 10.2 Å². The molecule has 0 fully saturated rings. The van der Waals surface area contributed by atoms with Crippen LogP contribution < -0.4 is 0 Å². The fourth-order valence-electron chi connectivity index (χ4n) is 2.12. The van der Waals surface area contributed by atoms with Crippen LogP contribution >= 0.6 is 11.3 Å². The van der Waals surface area contributed by atoms with Crippen LogP contribution in [0.25, 0.3) is 26.9 Å². The molecular weight excluding hydrogens is 286 g/mol. The van der Waals surface area contributed by atoms with Crippen LogP contribution in [0.3, 0.4) is 0 Å². The molecule has 4 aromatic rings. The molecule has 0 saturated heterocycles. The SMILES string of the molecule is Cc1c(-c2nn3c(-c4ccncc4)nnc3s2)cnn1C. The lowest BCUT2D eigenvalue weighted by Gasteiger charge is -1.96. The van der Waals surface area contributed by atoms with Crippen LogP contribution in [0.4, 0.5) is 0 Å². The standard InChI is InChI=1S/C13H11N7S/c1-8-10(7-15-19(8)2)12-18-20-11(16-17-13(20)21-12)9-3-5-14-6-4-9/h3-7H,1-2H3. The van der Waals surface area contributed by atoms with E-state index in [1.807, 2.05) is 37.0 Å². The zero-order chi connectivity index (χ0) is 14.4. The fourth-order valence-corrected chi connectivity index (χ4v) is 3.02. The van der Waals surface area contributed by atoms with Gasteiger partial charge in [0.15, 0.2) is 10.8 Å². The fraction of sp³-hybridized carbons (Fsp3) is 0.154. The predicted molar refractivity (Wildman–Crippen MR) is 78.8 cm³/mol. The van der Waals surface area contributed by atoms with Gasteiger partial charge in [0.25, 0.3) is 0 Å². The molecule has 8 heteroatoms. The molecule has 0 aliphatic carbocycles. The molecule has 104 valence electrons. The first-order valence-corrected chi connectivity index (χ1v) is 7.17. The summed E-state index contributed by atoms with van der Waals surface area (Å²) in [6.07, 6.45) is 5.29. The third-order valence-corrected chi connectivity index (χ3v) is 4.33. The highest BCUT2D eigenvalue weighted by Gasteiger charge is 2.16. The Hall–Kier alpha value is -2.61. The van der Waals surface area contributed by atoms with Crippen LogP contribution in [0.5, 0.6) is 0 Å². The van der Waals surface area contributed by atoms with Gasteiger partial charge in [0.2, 0.25) is 4.96 Å². The first-order chi connectivity index (χ1) is 10.2. The van der Waals surface area contributed by atoms with Gasteiger partial charge in [-0.1, -0.05) is 11.3 Å². The Morgan fingerprint density at radius 2 is 1.95 bits per heavy atom. The number of nitrogens with zero attached hydrogens (tertiary/aromatic N) is 7. The van der Waals surface area contributed by atoms with Gasteiger partial charge in [0.1, 0.15) is 0 Å². The smallest absolute Gasteiger partial charge is 0.235 e. The minimum atomic E-state index is 0.719. The van der Waals surface area contributed by atoms with Gasteiger partial charge >= 0.3 is 0 Å². The lowest BCUT2D eigenvalue weighted by molar-refractivity contribution is 0.740. The summed E-state index contributed by atoms with van der Waals surface area (Å²) in [5.74, 6) is 0.719. The molecule has 0 atom stereocenters. The molecule has 0 aliphatic rings. The number of hydrogen-bond donors (Lipinski definition) is 0. The Balaban J connectivity index is 1.89. The number of aromatic nitrogens is 7. The second-order valence-electron chi connectivity index (χ2n) is 4.63. The zero-order valence-corrected chi connectivity index (χ0v) is 12.2. The van der Waals surface area contributed by atoms with Gasteiger partial charge in [0, 0.05) is 30.7 Å². The molecule has 4 aromatic heterocycles. The molecule has 4 rings (SSSR count). The minimum absolute atomic E-state index is 0.719. The molecule has 0 unspecified atom stereocenters. The van der Waals surface area contributed by atoms with Crippen molar-refractivity contribution < 1.29 is 0 Å². The number of pyridine rings is 1. The van der Waals surface area contributed by atoms with Gasteiger partial charge in [0.05, 0.1) is 11.8 Å². The lowest BCUT2D eigenvalue weighted by Crippen LogP contribution is -1.93. The first kappa shape index (κ1) is 12.2. The summed E-state index contributed by atoms with van der Waals surface area (Å²) in [5.41, 5.74) is 3.04. The molecule has 0 saturated carbocycles. The molecule has 4 heterocycles. The van der Waals surface area contributed by atoms with Crippen molar-refractivity contribution in [2.24, 2.45) is 7.05 Å².